The van der Waals surface area contributed by atoms with E-state index in [1.54, 1.807) is 7.05 Å². The van der Waals surface area contributed by atoms with E-state index in [2.05, 4.69) is 50.9 Å². The summed E-state index contributed by atoms with van der Waals surface area (Å²) in [6.45, 7) is 1.59. The fourth-order valence-corrected chi connectivity index (χ4v) is 3.63. The highest BCUT2D eigenvalue weighted by atomic mass is 127. The van der Waals surface area contributed by atoms with Crippen molar-refractivity contribution in [2.45, 2.75) is 29.0 Å². The van der Waals surface area contributed by atoms with Gasteiger partial charge in [-0.25, -0.2) is 4.98 Å². The summed E-state index contributed by atoms with van der Waals surface area (Å²) < 4.78 is 2.32. The van der Waals surface area contributed by atoms with Gasteiger partial charge in [0.15, 0.2) is 5.96 Å². The summed E-state index contributed by atoms with van der Waals surface area (Å²) in [5.41, 5.74) is 0. The van der Waals surface area contributed by atoms with E-state index in [-0.39, 0.29) is 24.0 Å². The minimum Gasteiger partial charge on any atom is -0.355 e. The predicted octanol–water partition coefficient (Wildman–Crippen LogP) is 3.03. The van der Waals surface area contributed by atoms with Crippen LogP contribution in [0.4, 0.5) is 0 Å². The summed E-state index contributed by atoms with van der Waals surface area (Å²) in [6.07, 6.45) is 6.25. The van der Waals surface area contributed by atoms with Crippen LogP contribution in [0.2, 0.25) is 0 Å². The Morgan fingerprint density at radius 3 is 2.62 bits per heavy atom. The standard InChI is InChI=1S/C17H23N5S.HI/c1-18-16(20-12-15-19-10-11-22(15)2)21-13-17(8-9-17)23-14-6-4-3-5-7-14;/h3-7,10-11H,8-9,12-13H2,1-2H3,(H2,18,20,21);1H. The van der Waals surface area contributed by atoms with Crippen molar-refractivity contribution in [2.24, 2.45) is 12.0 Å². The normalized spacial score (nSPS) is 15.5. The first-order valence-electron chi connectivity index (χ1n) is 7.86. The average molecular weight is 457 g/mol. The SMILES string of the molecule is CN=C(NCc1nccn1C)NCC1(Sc2ccccc2)CC1.I. The number of nitrogens with zero attached hydrogens (tertiary/aromatic N) is 3. The molecule has 5 nitrogen and oxygen atoms in total. The first kappa shape index (κ1) is 19.1. The minimum absolute atomic E-state index is 0. The molecule has 0 aliphatic heterocycles. The minimum atomic E-state index is 0. The number of hydrogen-bond donors (Lipinski definition) is 2. The number of aliphatic imine (C=N–C) groups is 1. The van der Waals surface area contributed by atoms with E-state index in [1.165, 1.54) is 17.7 Å². The third-order valence-electron chi connectivity index (χ3n) is 4.02. The first-order chi connectivity index (χ1) is 11.2. The van der Waals surface area contributed by atoms with Crippen molar-refractivity contribution in [3.63, 3.8) is 0 Å². The molecule has 7 heteroatoms. The number of benzene rings is 1. The third-order valence-corrected chi connectivity index (χ3v) is 5.52. The Morgan fingerprint density at radius 2 is 2.04 bits per heavy atom. The number of thioether (sulfide) groups is 1. The van der Waals surface area contributed by atoms with Gasteiger partial charge < -0.3 is 15.2 Å². The fraction of sp³-hybridized carbons (Fsp3) is 0.412. The summed E-state index contributed by atoms with van der Waals surface area (Å²) in [6, 6.07) is 10.6. The van der Waals surface area contributed by atoms with Gasteiger partial charge in [-0.1, -0.05) is 18.2 Å². The van der Waals surface area contributed by atoms with Crippen molar-refractivity contribution >= 4 is 41.7 Å². The smallest absolute Gasteiger partial charge is 0.191 e. The van der Waals surface area contributed by atoms with Gasteiger partial charge >= 0.3 is 0 Å². The molecule has 0 bridgehead atoms. The van der Waals surface area contributed by atoms with Crippen LogP contribution in [0.1, 0.15) is 18.7 Å². The van der Waals surface area contributed by atoms with Crippen molar-refractivity contribution in [1.29, 1.82) is 0 Å². The molecule has 0 unspecified atom stereocenters. The van der Waals surface area contributed by atoms with Gasteiger partial charge in [0.25, 0.3) is 0 Å². The quantitative estimate of drug-likeness (QED) is 0.398. The highest BCUT2D eigenvalue weighted by Gasteiger charge is 2.43. The van der Waals surface area contributed by atoms with Crippen molar-refractivity contribution < 1.29 is 0 Å². The maximum absolute atomic E-state index is 4.31. The van der Waals surface area contributed by atoms with Gasteiger partial charge in [-0.3, -0.25) is 4.99 Å². The second-order valence-corrected chi connectivity index (χ2v) is 7.37. The zero-order chi connectivity index (χ0) is 16.1. The maximum atomic E-state index is 4.31. The molecule has 2 N–H and O–H groups in total. The molecule has 1 aromatic heterocycles. The molecule has 1 aliphatic carbocycles. The third kappa shape index (κ3) is 5.14. The van der Waals surface area contributed by atoms with Gasteiger partial charge in [-0.2, -0.15) is 0 Å². The van der Waals surface area contributed by atoms with Gasteiger partial charge in [0.2, 0.25) is 0 Å². The van der Waals surface area contributed by atoms with E-state index in [9.17, 15) is 0 Å². The molecule has 1 aliphatic rings. The van der Waals surface area contributed by atoms with Crippen LogP contribution in [0.3, 0.4) is 0 Å². The van der Waals surface area contributed by atoms with Crippen molar-refractivity contribution in [3.05, 3.63) is 48.5 Å². The molecule has 0 saturated heterocycles. The van der Waals surface area contributed by atoms with Gasteiger partial charge in [-0.15, -0.1) is 35.7 Å². The number of imidazole rings is 1. The molecule has 0 spiro atoms. The van der Waals surface area contributed by atoms with Crippen molar-refractivity contribution in [2.75, 3.05) is 13.6 Å². The molecule has 1 fully saturated rings. The lowest BCUT2D eigenvalue weighted by Gasteiger charge is -2.18. The Balaban J connectivity index is 0.00000208. The van der Waals surface area contributed by atoms with E-state index in [0.717, 1.165) is 18.3 Å². The molecule has 0 amide bonds. The summed E-state index contributed by atoms with van der Waals surface area (Å²) in [5, 5.41) is 6.78. The Morgan fingerprint density at radius 1 is 1.29 bits per heavy atom. The number of aryl methyl sites for hydroxylation is 1. The second-order valence-electron chi connectivity index (χ2n) is 5.83. The molecule has 130 valence electrons. The fourth-order valence-electron chi connectivity index (χ4n) is 2.39. The van der Waals surface area contributed by atoms with Gasteiger partial charge in [0, 0.05) is 42.7 Å². The highest BCUT2D eigenvalue weighted by Crippen LogP contribution is 2.51. The van der Waals surface area contributed by atoms with Crippen LogP contribution in [0.15, 0.2) is 52.6 Å². The highest BCUT2D eigenvalue weighted by molar-refractivity contribution is 14.0. The molecule has 0 atom stereocenters. The summed E-state index contributed by atoms with van der Waals surface area (Å²) in [7, 11) is 3.80. The number of nitrogens with one attached hydrogen (secondary N) is 2. The van der Waals surface area contributed by atoms with E-state index >= 15 is 0 Å². The Hall–Kier alpha value is -1.22. The van der Waals surface area contributed by atoms with E-state index < -0.39 is 0 Å². The van der Waals surface area contributed by atoms with Gasteiger partial charge in [-0.05, 0) is 25.0 Å². The zero-order valence-corrected chi connectivity index (χ0v) is 17.2. The average Bonchev–Trinajstić information content (AvgIpc) is 3.21. The zero-order valence-electron chi connectivity index (χ0n) is 14.0. The molecule has 1 aromatic carbocycles. The predicted molar refractivity (Wildman–Crippen MR) is 111 cm³/mol. The van der Waals surface area contributed by atoms with Crippen LogP contribution in [-0.2, 0) is 13.6 Å². The Kier molecular flexibility index (Phi) is 6.97. The Labute approximate surface area is 164 Å². The maximum Gasteiger partial charge on any atom is 0.191 e. The van der Waals surface area contributed by atoms with E-state index in [1.807, 2.05) is 35.8 Å². The molecule has 1 heterocycles. The molecule has 3 rings (SSSR count). The lowest BCUT2D eigenvalue weighted by molar-refractivity contribution is 0.717. The van der Waals surface area contributed by atoms with Crippen LogP contribution in [0, 0.1) is 0 Å². The lowest BCUT2D eigenvalue weighted by Crippen LogP contribution is -2.41. The van der Waals surface area contributed by atoms with Crippen LogP contribution >= 0.6 is 35.7 Å². The van der Waals surface area contributed by atoms with Gasteiger partial charge in [0.05, 0.1) is 6.54 Å². The molecule has 2 aromatic rings. The topological polar surface area (TPSA) is 54.2 Å². The number of rotatable bonds is 6. The van der Waals surface area contributed by atoms with Crippen LogP contribution in [0.25, 0.3) is 0 Å². The molecule has 24 heavy (non-hydrogen) atoms. The number of hydrogen-bond acceptors (Lipinski definition) is 3. The number of guanidine groups is 1. The number of halogens is 1. The largest absolute Gasteiger partial charge is 0.355 e. The van der Waals surface area contributed by atoms with Crippen molar-refractivity contribution in [1.82, 2.24) is 20.2 Å². The molecule has 0 radical (unpaired) electrons. The summed E-state index contributed by atoms with van der Waals surface area (Å²) in [5.74, 6) is 1.82. The lowest BCUT2D eigenvalue weighted by atomic mass is 10.4. The summed E-state index contributed by atoms with van der Waals surface area (Å²) >= 11 is 1.97. The van der Waals surface area contributed by atoms with Gasteiger partial charge in [0.1, 0.15) is 5.82 Å². The van der Waals surface area contributed by atoms with Crippen LogP contribution in [0.5, 0.6) is 0 Å². The molecular weight excluding hydrogens is 433 g/mol. The van der Waals surface area contributed by atoms with Crippen molar-refractivity contribution in [3.8, 4) is 0 Å². The van der Waals surface area contributed by atoms with E-state index in [0.29, 0.717) is 11.3 Å². The van der Waals surface area contributed by atoms with Crippen LogP contribution < -0.4 is 10.6 Å². The molecular formula is C17H24IN5S. The number of aromatic nitrogens is 2. The first-order valence-corrected chi connectivity index (χ1v) is 8.67. The Bertz CT molecular complexity index is 667. The second kappa shape index (κ2) is 8.75. The van der Waals surface area contributed by atoms with Crippen LogP contribution in [-0.4, -0.2) is 33.9 Å². The summed E-state index contributed by atoms with van der Waals surface area (Å²) in [4.78, 5) is 9.95. The monoisotopic (exact) mass is 457 g/mol. The van der Waals surface area contributed by atoms with E-state index in [4.69, 9.17) is 0 Å². The molecule has 1 saturated carbocycles.